The van der Waals surface area contributed by atoms with E-state index in [1.165, 1.54) is 9.80 Å². The third-order valence-electron chi connectivity index (χ3n) is 3.82. The molecule has 0 aromatic heterocycles. The summed E-state index contributed by atoms with van der Waals surface area (Å²) in [6, 6.07) is -0.0598. The van der Waals surface area contributed by atoms with Crippen molar-refractivity contribution in [2.75, 3.05) is 39.8 Å². The standard InChI is InChI=1S/C13H22N4O3/c1-10-8-14-5-7-16(10)11(18)4-3-6-17-12(19)9-15(2)13(17)20/h10,14H,3-9H2,1-2H3/t10-/m1/s1. The van der Waals surface area contributed by atoms with Gasteiger partial charge in [0.15, 0.2) is 0 Å². The summed E-state index contributed by atoms with van der Waals surface area (Å²) in [6.07, 6.45) is 0.909. The summed E-state index contributed by atoms with van der Waals surface area (Å²) >= 11 is 0. The van der Waals surface area contributed by atoms with Crippen molar-refractivity contribution < 1.29 is 14.4 Å². The van der Waals surface area contributed by atoms with Crippen LogP contribution < -0.4 is 5.32 Å². The van der Waals surface area contributed by atoms with Crippen molar-refractivity contribution in [1.29, 1.82) is 0 Å². The normalized spacial score (nSPS) is 23.7. The molecule has 2 saturated heterocycles. The highest BCUT2D eigenvalue weighted by Crippen LogP contribution is 2.11. The van der Waals surface area contributed by atoms with Crippen LogP contribution in [0.3, 0.4) is 0 Å². The zero-order valence-corrected chi connectivity index (χ0v) is 12.1. The molecule has 0 bridgehead atoms. The first-order valence-electron chi connectivity index (χ1n) is 7.06. The van der Waals surface area contributed by atoms with Gasteiger partial charge in [-0.25, -0.2) is 4.79 Å². The molecule has 0 saturated carbocycles. The van der Waals surface area contributed by atoms with E-state index in [4.69, 9.17) is 0 Å². The predicted molar refractivity (Wildman–Crippen MR) is 73.0 cm³/mol. The molecule has 7 heteroatoms. The average Bonchev–Trinajstić information content (AvgIpc) is 2.65. The number of rotatable bonds is 4. The summed E-state index contributed by atoms with van der Waals surface area (Å²) in [5.41, 5.74) is 0. The molecule has 2 aliphatic heterocycles. The van der Waals surface area contributed by atoms with Gasteiger partial charge in [0.25, 0.3) is 0 Å². The lowest BCUT2D eigenvalue weighted by molar-refractivity contribution is -0.134. The zero-order valence-electron chi connectivity index (χ0n) is 12.1. The fourth-order valence-corrected chi connectivity index (χ4v) is 2.63. The number of piperazine rings is 1. The van der Waals surface area contributed by atoms with Crippen LogP contribution in [0, 0.1) is 0 Å². The number of carbonyl (C=O) groups is 3. The van der Waals surface area contributed by atoms with Crippen molar-refractivity contribution >= 4 is 17.8 Å². The molecule has 2 heterocycles. The lowest BCUT2D eigenvalue weighted by atomic mass is 10.2. The molecule has 7 nitrogen and oxygen atoms in total. The second-order valence-corrected chi connectivity index (χ2v) is 5.43. The summed E-state index contributed by atoms with van der Waals surface area (Å²) in [4.78, 5) is 39.9. The Morgan fingerprint density at radius 3 is 2.75 bits per heavy atom. The van der Waals surface area contributed by atoms with Gasteiger partial charge in [0.2, 0.25) is 11.8 Å². The number of urea groups is 1. The van der Waals surface area contributed by atoms with Gasteiger partial charge < -0.3 is 15.1 Å². The highest BCUT2D eigenvalue weighted by molar-refractivity contribution is 6.01. The Morgan fingerprint density at radius 1 is 1.40 bits per heavy atom. The van der Waals surface area contributed by atoms with Crippen LogP contribution in [0.15, 0.2) is 0 Å². The first-order chi connectivity index (χ1) is 9.50. The van der Waals surface area contributed by atoms with Gasteiger partial charge in [-0.1, -0.05) is 0 Å². The summed E-state index contributed by atoms with van der Waals surface area (Å²) in [7, 11) is 1.60. The van der Waals surface area contributed by atoms with Gasteiger partial charge >= 0.3 is 6.03 Å². The smallest absolute Gasteiger partial charge is 0.326 e. The molecule has 1 atom stereocenters. The maximum atomic E-state index is 12.1. The molecule has 20 heavy (non-hydrogen) atoms. The monoisotopic (exact) mass is 282 g/mol. The molecule has 0 aliphatic carbocycles. The summed E-state index contributed by atoms with van der Waals surface area (Å²) in [5, 5.41) is 3.24. The lowest BCUT2D eigenvalue weighted by Gasteiger charge is -2.34. The van der Waals surface area contributed by atoms with E-state index in [9.17, 15) is 14.4 Å². The topological polar surface area (TPSA) is 73.0 Å². The first-order valence-corrected chi connectivity index (χ1v) is 7.06. The number of hydrogen-bond donors (Lipinski definition) is 1. The third-order valence-corrected chi connectivity index (χ3v) is 3.82. The van der Waals surface area contributed by atoms with Crippen molar-refractivity contribution in [2.45, 2.75) is 25.8 Å². The predicted octanol–water partition coefficient (Wildman–Crippen LogP) is -0.519. The van der Waals surface area contributed by atoms with Crippen molar-refractivity contribution in [2.24, 2.45) is 0 Å². The Balaban J connectivity index is 1.77. The fraction of sp³-hybridized carbons (Fsp3) is 0.769. The molecule has 0 aromatic carbocycles. The molecule has 2 aliphatic rings. The van der Waals surface area contributed by atoms with Crippen molar-refractivity contribution in [3.05, 3.63) is 0 Å². The van der Waals surface area contributed by atoms with Gasteiger partial charge in [-0.15, -0.1) is 0 Å². The second-order valence-electron chi connectivity index (χ2n) is 5.43. The Labute approximate surface area is 118 Å². The molecule has 2 rings (SSSR count). The van der Waals surface area contributed by atoms with E-state index in [-0.39, 0.29) is 30.4 Å². The van der Waals surface area contributed by atoms with Crippen LogP contribution in [0.25, 0.3) is 0 Å². The number of nitrogens with one attached hydrogen (secondary N) is 1. The van der Waals surface area contributed by atoms with Crippen molar-refractivity contribution in [1.82, 2.24) is 20.0 Å². The Morgan fingerprint density at radius 2 is 2.15 bits per heavy atom. The van der Waals surface area contributed by atoms with E-state index in [0.717, 1.165) is 19.6 Å². The van der Waals surface area contributed by atoms with Gasteiger partial charge in [-0.05, 0) is 13.3 Å². The van der Waals surface area contributed by atoms with Crippen LogP contribution in [0.5, 0.6) is 0 Å². The van der Waals surface area contributed by atoms with Crippen LogP contribution in [0.4, 0.5) is 4.79 Å². The van der Waals surface area contributed by atoms with Gasteiger partial charge in [0, 0.05) is 45.7 Å². The van der Waals surface area contributed by atoms with E-state index in [1.807, 2.05) is 11.8 Å². The van der Waals surface area contributed by atoms with E-state index >= 15 is 0 Å². The molecule has 0 unspecified atom stereocenters. The number of carbonyl (C=O) groups excluding carboxylic acids is 3. The number of amides is 4. The molecule has 4 amide bonds. The van der Waals surface area contributed by atoms with E-state index in [1.54, 1.807) is 7.05 Å². The molecule has 0 aromatic rings. The third kappa shape index (κ3) is 3.09. The van der Waals surface area contributed by atoms with Gasteiger partial charge in [0.1, 0.15) is 6.54 Å². The van der Waals surface area contributed by atoms with E-state index in [0.29, 0.717) is 19.4 Å². The molecular weight excluding hydrogens is 260 g/mol. The van der Waals surface area contributed by atoms with Gasteiger partial charge in [-0.2, -0.15) is 0 Å². The maximum absolute atomic E-state index is 12.1. The van der Waals surface area contributed by atoms with Crippen molar-refractivity contribution in [3.63, 3.8) is 0 Å². The van der Waals surface area contributed by atoms with E-state index in [2.05, 4.69) is 5.32 Å². The first kappa shape index (κ1) is 14.8. The van der Waals surface area contributed by atoms with Crippen LogP contribution in [0.2, 0.25) is 0 Å². The molecular formula is C13H22N4O3. The minimum atomic E-state index is -0.266. The number of nitrogens with zero attached hydrogens (tertiary/aromatic N) is 3. The highest BCUT2D eigenvalue weighted by Gasteiger charge is 2.33. The van der Waals surface area contributed by atoms with Gasteiger partial charge in [0.05, 0.1) is 0 Å². The fourth-order valence-electron chi connectivity index (χ4n) is 2.63. The summed E-state index contributed by atoms with van der Waals surface area (Å²) < 4.78 is 0. The lowest BCUT2D eigenvalue weighted by Crippen LogP contribution is -2.52. The molecule has 112 valence electrons. The quantitative estimate of drug-likeness (QED) is 0.704. The van der Waals surface area contributed by atoms with Crippen LogP contribution in [-0.2, 0) is 9.59 Å². The molecule has 1 N–H and O–H groups in total. The number of likely N-dealkylation sites (N-methyl/N-ethyl adjacent to an activating group) is 1. The zero-order chi connectivity index (χ0) is 14.7. The minimum Gasteiger partial charge on any atom is -0.337 e. The Hall–Kier alpha value is -1.63. The SMILES string of the molecule is C[C@@H]1CNCCN1C(=O)CCCN1C(=O)CN(C)C1=O. The molecule has 0 radical (unpaired) electrons. The highest BCUT2D eigenvalue weighted by atomic mass is 16.2. The van der Waals surface area contributed by atoms with Crippen LogP contribution >= 0.6 is 0 Å². The number of imide groups is 1. The largest absolute Gasteiger partial charge is 0.337 e. The van der Waals surface area contributed by atoms with Crippen LogP contribution in [-0.4, -0.2) is 78.4 Å². The van der Waals surface area contributed by atoms with Gasteiger partial charge in [-0.3, -0.25) is 14.5 Å². The minimum absolute atomic E-state index is 0.103. The van der Waals surface area contributed by atoms with E-state index < -0.39 is 0 Å². The number of hydrogen-bond acceptors (Lipinski definition) is 4. The Kier molecular flexibility index (Phi) is 4.59. The Bertz CT molecular complexity index is 412. The van der Waals surface area contributed by atoms with Crippen LogP contribution in [0.1, 0.15) is 19.8 Å². The molecule has 2 fully saturated rings. The second kappa shape index (κ2) is 6.21. The average molecular weight is 282 g/mol. The summed E-state index contributed by atoms with van der Waals surface area (Å²) in [6.45, 7) is 4.86. The van der Waals surface area contributed by atoms with Crippen molar-refractivity contribution in [3.8, 4) is 0 Å². The molecule has 0 spiro atoms. The maximum Gasteiger partial charge on any atom is 0.326 e. The summed E-state index contributed by atoms with van der Waals surface area (Å²) in [5.74, 6) is -0.0769.